The molecule has 1 unspecified atom stereocenters. The van der Waals surface area contributed by atoms with Crippen LogP contribution in [0.3, 0.4) is 0 Å². The first-order chi connectivity index (χ1) is 10.8. The van der Waals surface area contributed by atoms with Crippen molar-refractivity contribution in [2.45, 2.75) is 78.7 Å². The third-order valence-electron chi connectivity index (χ3n) is 4.04. The summed E-state index contributed by atoms with van der Waals surface area (Å²) >= 11 is 0. The fourth-order valence-corrected chi connectivity index (χ4v) is 2.18. The Balaban J connectivity index is 3.99. The van der Waals surface area contributed by atoms with Crippen LogP contribution in [-0.4, -0.2) is 25.3 Å². The first-order valence-electron chi connectivity index (χ1n) is 8.87. The maximum absolute atomic E-state index is 11.5. The van der Waals surface area contributed by atoms with Crippen molar-refractivity contribution in [1.29, 1.82) is 0 Å². The highest BCUT2D eigenvalue weighted by Gasteiger charge is 2.15. The molecule has 23 heavy (non-hydrogen) atoms. The second kappa shape index (κ2) is 12.3. The van der Waals surface area contributed by atoms with Gasteiger partial charge in [0.15, 0.2) is 0 Å². The summed E-state index contributed by atoms with van der Waals surface area (Å²) in [4.78, 5) is 11.5. The molecule has 0 rings (SSSR count). The summed E-state index contributed by atoms with van der Waals surface area (Å²) in [5, 5.41) is 0. The van der Waals surface area contributed by atoms with Gasteiger partial charge >= 0.3 is 5.97 Å². The molecule has 0 aromatic carbocycles. The third-order valence-corrected chi connectivity index (χ3v) is 4.04. The summed E-state index contributed by atoms with van der Waals surface area (Å²) in [6.45, 7) is 11.1. The minimum atomic E-state index is -0.240. The minimum absolute atomic E-state index is 0.0208. The highest BCUT2D eigenvalue weighted by Crippen LogP contribution is 2.20. The zero-order chi connectivity index (χ0) is 17.7. The van der Waals surface area contributed by atoms with Crippen LogP contribution in [0.4, 0.5) is 0 Å². The van der Waals surface area contributed by atoms with Gasteiger partial charge in [0, 0.05) is 13.2 Å². The Kier molecular flexibility index (Phi) is 11.8. The standard InChI is InChI=1S/C20H36O3/c1-7-8-15-23-19(21)16-18(3)12-9-11-17(2)13-10-14-20(4,5)22-6/h9,12,16-17H,7-8,10-11,13-15H2,1-6H3. The molecule has 0 heterocycles. The van der Waals surface area contributed by atoms with E-state index < -0.39 is 0 Å². The van der Waals surface area contributed by atoms with Crippen molar-refractivity contribution in [2.24, 2.45) is 5.92 Å². The number of allylic oxidation sites excluding steroid dienone is 3. The molecule has 0 aromatic rings. The number of ether oxygens (including phenoxy) is 2. The van der Waals surface area contributed by atoms with E-state index in [4.69, 9.17) is 9.47 Å². The highest BCUT2D eigenvalue weighted by atomic mass is 16.5. The van der Waals surface area contributed by atoms with E-state index in [2.05, 4.69) is 33.8 Å². The van der Waals surface area contributed by atoms with Crippen LogP contribution in [0.15, 0.2) is 23.8 Å². The number of methoxy groups -OCH3 is 1. The average molecular weight is 325 g/mol. The number of carbonyl (C=O) groups is 1. The lowest BCUT2D eigenvalue weighted by atomic mass is 9.95. The van der Waals surface area contributed by atoms with Crippen molar-refractivity contribution in [2.75, 3.05) is 13.7 Å². The molecule has 0 aromatic heterocycles. The van der Waals surface area contributed by atoms with Crippen molar-refractivity contribution in [3.8, 4) is 0 Å². The third kappa shape index (κ3) is 13.1. The quantitative estimate of drug-likeness (QED) is 0.207. The molecule has 0 amide bonds. The summed E-state index contributed by atoms with van der Waals surface area (Å²) in [5.74, 6) is 0.402. The topological polar surface area (TPSA) is 35.5 Å². The lowest BCUT2D eigenvalue weighted by Crippen LogP contribution is -2.22. The Bertz CT molecular complexity index is 380. The summed E-state index contributed by atoms with van der Waals surface area (Å²) in [7, 11) is 1.77. The van der Waals surface area contributed by atoms with Gasteiger partial charge in [-0.15, -0.1) is 0 Å². The van der Waals surface area contributed by atoms with Gasteiger partial charge in [-0.1, -0.05) is 45.3 Å². The molecule has 0 radical (unpaired) electrons. The van der Waals surface area contributed by atoms with Crippen molar-refractivity contribution < 1.29 is 14.3 Å². The molecular weight excluding hydrogens is 288 g/mol. The number of unbranched alkanes of at least 4 members (excludes halogenated alkanes) is 1. The summed E-state index contributed by atoms with van der Waals surface area (Å²) in [6.07, 6.45) is 12.2. The molecule has 0 aliphatic carbocycles. The van der Waals surface area contributed by atoms with E-state index in [0.29, 0.717) is 12.5 Å². The number of rotatable bonds is 12. The van der Waals surface area contributed by atoms with E-state index in [9.17, 15) is 4.79 Å². The summed E-state index contributed by atoms with van der Waals surface area (Å²) < 4.78 is 10.6. The number of hydrogen-bond acceptors (Lipinski definition) is 3. The second-order valence-electron chi connectivity index (χ2n) is 7.01. The highest BCUT2D eigenvalue weighted by molar-refractivity contribution is 5.83. The first kappa shape index (κ1) is 21.9. The van der Waals surface area contributed by atoms with E-state index in [-0.39, 0.29) is 11.6 Å². The molecule has 1 atom stereocenters. The predicted octanol–water partition coefficient (Wildman–Crippen LogP) is 5.45. The molecule has 0 aliphatic rings. The zero-order valence-corrected chi connectivity index (χ0v) is 16.0. The maximum Gasteiger partial charge on any atom is 0.331 e. The Morgan fingerprint density at radius 3 is 2.57 bits per heavy atom. The van der Waals surface area contributed by atoms with Crippen molar-refractivity contribution >= 4 is 5.97 Å². The van der Waals surface area contributed by atoms with Gasteiger partial charge in [0.2, 0.25) is 0 Å². The monoisotopic (exact) mass is 324 g/mol. The maximum atomic E-state index is 11.5. The molecule has 0 spiro atoms. The molecule has 0 saturated heterocycles. The lowest BCUT2D eigenvalue weighted by Gasteiger charge is -2.23. The van der Waals surface area contributed by atoms with Gasteiger partial charge in [0.25, 0.3) is 0 Å². The molecule has 3 heteroatoms. The van der Waals surface area contributed by atoms with E-state index in [1.54, 1.807) is 13.2 Å². The predicted molar refractivity (Wildman–Crippen MR) is 97.5 cm³/mol. The van der Waals surface area contributed by atoms with Crippen LogP contribution in [0.1, 0.15) is 73.1 Å². The van der Waals surface area contributed by atoms with Crippen molar-refractivity contribution in [1.82, 2.24) is 0 Å². The van der Waals surface area contributed by atoms with Gasteiger partial charge in [-0.2, -0.15) is 0 Å². The molecule has 0 N–H and O–H groups in total. The van der Waals surface area contributed by atoms with E-state index in [1.165, 1.54) is 12.8 Å². The normalized spacial score (nSPS) is 14.3. The second-order valence-corrected chi connectivity index (χ2v) is 7.01. The van der Waals surface area contributed by atoms with Crippen LogP contribution < -0.4 is 0 Å². The van der Waals surface area contributed by atoms with Crippen LogP contribution in [-0.2, 0) is 14.3 Å². The zero-order valence-electron chi connectivity index (χ0n) is 16.0. The molecular formula is C20H36O3. The Labute approximate surface area is 143 Å². The minimum Gasteiger partial charge on any atom is -0.463 e. The number of hydrogen-bond donors (Lipinski definition) is 0. The molecule has 0 fully saturated rings. The van der Waals surface area contributed by atoms with Gasteiger partial charge < -0.3 is 9.47 Å². The molecule has 0 saturated carbocycles. The fourth-order valence-electron chi connectivity index (χ4n) is 2.18. The largest absolute Gasteiger partial charge is 0.463 e. The average Bonchev–Trinajstić information content (AvgIpc) is 2.47. The first-order valence-corrected chi connectivity index (χ1v) is 8.87. The SMILES string of the molecule is CCCCOC(=O)C=C(C)C=CCC(C)CCCC(C)(C)OC. The van der Waals surface area contributed by atoms with Crippen molar-refractivity contribution in [3.63, 3.8) is 0 Å². The van der Waals surface area contributed by atoms with Crippen LogP contribution in [0, 0.1) is 5.92 Å². The van der Waals surface area contributed by atoms with E-state index in [0.717, 1.165) is 31.3 Å². The van der Waals surface area contributed by atoms with E-state index in [1.807, 2.05) is 13.0 Å². The van der Waals surface area contributed by atoms with Crippen LogP contribution in [0.25, 0.3) is 0 Å². The van der Waals surface area contributed by atoms with Gasteiger partial charge in [-0.25, -0.2) is 4.79 Å². The Morgan fingerprint density at radius 2 is 1.96 bits per heavy atom. The van der Waals surface area contributed by atoms with E-state index >= 15 is 0 Å². The van der Waals surface area contributed by atoms with Gasteiger partial charge in [0.1, 0.15) is 0 Å². The Hall–Kier alpha value is -1.09. The number of carbonyl (C=O) groups excluding carboxylic acids is 1. The van der Waals surface area contributed by atoms with Crippen LogP contribution in [0.5, 0.6) is 0 Å². The van der Waals surface area contributed by atoms with Gasteiger partial charge in [0.05, 0.1) is 12.2 Å². The molecule has 134 valence electrons. The molecule has 3 nitrogen and oxygen atoms in total. The summed E-state index contributed by atoms with van der Waals surface area (Å²) in [6, 6.07) is 0. The van der Waals surface area contributed by atoms with Gasteiger partial charge in [-0.3, -0.25) is 0 Å². The van der Waals surface area contributed by atoms with Crippen LogP contribution in [0.2, 0.25) is 0 Å². The lowest BCUT2D eigenvalue weighted by molar-refractivity contribution is -0.137. The smallest absolute Gasteiger partial charge is 0.331 e. The number of esters is 1. The summed E-state index contributed by atoms with van der Waals surface area (Å²) in [5.41, 5.74) is 0.923. The van der Waals surface area contributed by atoms with Gasteiger partial charge in [-0.05, 0) is 51.5 Å². The fraction of sp³-hybridized carbons (Fsp3) is 0.750. The molecule has 0 bridgehead atoms. The van der Waals surface area contributed by atoms with Crippen molar-refractivity contribution in [3.05, 3.63) is 23.8 Å². The molecule has 0 aliphatic heterocycles. The Morgan fingerprint density at radius 1 is 1.26 bits per heavy atom. The van der Waals surface area contributed by atoms with Crippen LogP contribution >= 0.6 is 0 Å².